The highest BCUT2D eigenvalue weighted by Crippen LogP contribution is 2.48. The molecule has 0 radical (unpaired) electrons. The second-order valence-electron chi connectivity index (χ2n) is 10.9. The van der Waals surface area contributed by atoms with Crippen LogP contribution in [0, 0.1) is 12.3 Å². The summed E-state index contributed by atoms with van der Waals surface area (Å²) in [6, 6.07) is 9.35. The number of esters is 1. The lowest BCUT2D eigenvalue weighted by atomic mass is 9.82. The topological polar surface area (TPSA) is 178 Å². The molecule has 230 valence electrons. The molecule has 1 saturated heterocycles. The molecule has 12 nitrogen and oxygen atoms in total. The maximum absolute atomic E-state index is 12.9. The molecule has 14 heteroatoms. The average molecular weight is 631 g/mol. The summed E-state index contributed by atoms with van der Waals surface area (Å²) in [5.74, 6) is 1.49. The second kappa shape index (κ2) is 12.9. The minimum Gasteiger partial charge on any atom is -0.461 e. The number of para-hydroxylation sites is 1. The smallest absolute Gasteiger partial charge is 0.323 e. The third-order valence-electron chi connectivity index (χ3n) is 7.81. The largest absolute Gasteiger partial charge is 0.461 e. The van der Waals surface area contributed by atoms with E-state index >= 15 is 0 Å². The van der Waals surface area contributed by atoms with Gasteiger partial charge >= 0.3 is 12.6 Å². The number of nitrogens with two attached hydrogens (primary N) is 1. The fourth-order valence-corrected chi connectivity index (χ4v) is 7.97. The number of aliphatic imine (C=N–C) groups is 1. The van der Waals surface area contributed by atoms with E-state index in [4.69, 9.17) is 42.5 Å². The van der Waals surface area contributed by atoms with Gasteiger partial charge < -0.3 is 39.5 Å². The van der Waals surface area contributed by atoms with E-state index in [1.807, 2.05) is 6.07 Å². The number of aromatic nitrogens is 1. The van der Waals surface area contributed by atoms with Crippen molar-refractivity contribution in [1.29, 1.82) is 0 Å². The Morgan fingerprint density at radius 1 is 1.35 bits per heavy atom. The summed E-state index contributed by atoms with van der Waals surface area (Å²) >= 11 is 5.79. The lowest BCUT2D eigenvalue weighted by molar-refractivity contribution is -0.152. The van der Waals surface area contributed by atoms with Crippen LogP contribution in [0.15, 0.2) is 46.2 Å². The number of carbonyl (C=O) groups excluding carboxylic acids is 1. The lowest BCUT2D eigenvalue weighted by Gasteiger charge is -2.29. The monoisotopic (exact) mass is 630 g/mol. The molecule has 1 aromatic carbocycles. The number of aromatic amines is 1. The Balaban J connectivity index is 1.33. The van der Waals surface area contributed by atoms with Gasteiger partial charge in [-0.15, -0.1) is 6.42 Å². The normalized spacial score (nSPS) is 28.9. The minimum atomic E-state index is -3.48. The Bertz CT molecular complexity index is 1510. The zero-order valence-electron chi connectivity index (χ0n) is 23.5. The number of H-pyrrole nitrogens is 1. The minimum absolute atomic E-state index is 0.0999. The van der Waals surface area contributed by atoms with Crippen LogP contribution in [-0.4, -0.2) is 70.0 Å². The molecule has 1 aliphatic carbocycles. The molecule has 1 saturated carbocycles. The molecule has 3 aliphatic rings. The summed E-state index contributed by atoms with van der Waals surface area (Å²) in [6.45, 7) is -2.21. The van der Waals surface area contributed by atoms with Gasteiger partial charge in [-0.3, -0.25) is 14.6 Å². The summed E-state index contributed by atoms with van der Waals surface area (Å²) < 4.78 is 23.9. The molecule has 2 unspecified atom stereocenters. The Morgan fingerprint density at radius 3 is 2.77 bits per heavy atom. The van der Waals surface area contributed by atoms with Gasteiger partial charge in [-0.25, -0.2) is 5.09 Å². The second-order valence-corrected chi connectivity index (χ2v) is 14.1. The Hall–Kier alpha value is -3.08. The van der Waals surface area contributed by atoms with Gasteiger partial charge in [-0.1, -0.05) is 30.5 Å². The van der Waals surface area contributed by atoms with Crippen LogP contribution in [0.2, 0.25) is 0 Å². The van der Waals surface area contributed by atoms with Gasteiger partial charge in [0.1, 0.15) is 47.7 Å². The third-order valence-corrected chi connectivity index (χ3v) is 10.3. The average Bonchev–Trinajstić information content (AvgIpc) is 3.51. The summed E-state index contributed by atoms with van der Waals surface area (Å²) in [4.78, 5) is 31.9. The molecule has 2 aromatic rings. The number of nitrogens with zero attached hydrogens (tertiary/aromatic N) is 1. The van der Waals surface area contributed by atoms with Crippen LogP contribution in [0.3, 0.4) is 0 Å². The Kier molecular flexibility index (Phi) is 9.39. The summed E-state index contributed by atoms with van der Waals surface area (Å²) in [5.41, 5.74) is 3.68. The van der Waals surface area contributed by atoms with Crippen LogP contribution in [0.1, 0.15) is 50.5 Å². The number of aliphatic hydroxyl groups is 2. The Labute approximate surface area is 254 Å². The summed E-state index contributed by atoms with van der Waals surface area (Å²) in [7, 11) is 0. The van der Waals surface area contributed by atoms with Crippen LogP contribution in [0.25, 0.3) is 0 Å². The summed E-state index contributed by atoms with van der Waals surface area (Å²) in [5, 5.41) is 25.5. The van der Waals surface area contributed by atoms with Crippen molar-refractivity contribution in [3.63, 3.8) is 0 Å². The standard InChI is InChI=1S/C29H35N4O8PS/c1-3-29(37)25(34)22(40-26(29)21-15-31-24-20(21)14-23(30)32-27(24)35)16-38-42(43,41-19-12-8-5-9-13-19)33-17(2)28(36)39-18-10-6-4-7-11-18/h1,5,8-9,12-15,17-18,21-22,25-26,34,37H,4,6-7,10-11,16H2,2H3,(H,33,43)(H3,30,32,35)/t17-,21?,22+,25+,26-,29+,42?/m0/s1. The maximum Gasteiger partial charge on any atom is 0.323 e. The highest BCUT2D eigenvalue weighted by molar-refractivity contribution is 8.09. The third kappa shape index (κ3) is 6.71. The molecule has 2 fully saturated rings. The Morgan fingerprint density at radius 2 is 2.07 bits per heavy atom. The molecule has 7 atom stereocenters. The number of pyridine rings is 1. The van der Waals surface area contributed by atoms with Gasteiger partial charge in [0.25, 0.3) is 5.56 Å². The van der Waals surface area contributed by atoms with Crippen molar-refractivity contribution in [2.45, 2.75) is 81.0 Å². The quantitative estimate of drug-likeness (QED) is 0.148. The van der Waals surface area contributed by atoms with E-state index in [1.165, 1.54) is 12.3 Å². The van der Waals surface area contributed by atoms with Gasteiger partial charge in [0, 0.05) is 6.21 Å². The highest BCUT2D eigenvalue weighted by Gasteiger charge is 2.58. The van der Waals surface area contributed by atoms with Crippen LogP contribution in [-0.2, 0) is 30.6 Å². The highest BCUT2D eigenvalue weighted by atomic mass is 32.5. The van der Waals surface area contributed by atoms with Crippen molar-refractivity contribution < 1.29 is 33.5 Å². The molecule has 3 heterocycles. The van der Waals surface area contributed by atoms with Crippen molar-refractivity contribution in [3.05, 3.63) is 52.3 Å². The van der Waals surface area contributed by atoms with E-state index in [0.717, 1.165) is 32.1 Å². The maximum atomic E-state index is 12.9. The lowest BCUT2D eigenvalue weighted by Crippen LogP contribution is -2.49. The molecule has 0 amide bonds. The first kappa shape index (κ1) is 31.3. The van der Waals surface area contributed by atoms with E-state index in [1.54, 1.807) is 31.2 Å². The van der Waals surface area contributed by atoms with E-state index in [2.05, 4.69) is 21.0 Å². The molecule has 0 bridgehead atoms. The van der Waals surface area contributed by atoms with Gasteiger partial charge in [0.05, 0.1) is 12.5 Å². The molecule has 1 aromatic heterocycles. The fourth-order valence-electron chi connectivity index (χ4n) is 5.55. The van der Waals surface area contributed by atoms with E-state index < -0.39 is 54.0 Å². The number of aliphatic hydroxyl groups excluding tert-OH is 1. The van der Waals surface area contributed by atoms with E-state index in [-0.39, 0.29) is 24.2 Å². The van der Waals surface area contributed by atoms with Crippen LogP contribution in [0.5, 0.6) is 5.75 Å². The van der Waals surface area contributed by atoms with Crippen molar-refractivity contribution in [3.8, 4) is 18.1 Å². The van der Waals surface area contributed by atoms with E-state index in [0.29, 0.717) is 11.3 Å². The fraction of sp³-hybridized carbons (Fsp3) is 0.483. The number of rotatable bonds is 10. The number of nitrogens with one attached hydrogen (secondary N) is 2. The van der Waals surface area contributed by atoms with Crippen LogP contribution < -0.4 is 20.9 Å². The van der Waals surface area contributed by atoms with E-state index in [9.17, 15) is 19.8 Å². The van der Waals surface area contributed by atoms with Gasteiger partial charge in [0.2, 0.25) is 0 Å². The number of fused-ring (bicyclic) bond motifs is 1. The first-order valence-electron chi connectivity index (χ1n) is 14.1. The zero-order chi connectivity index (χ0) is 30.8. The predicted octanol–water partition coefficient (Wildman–Crippen LogP) is 2.42. The van der Waals surface area contributed by atoms with Gasteiger partial charge in [0.15, 0.2) is 5.60 Å². The molecule has 6 N–H and O–H groups in total. The number of hydrogen-bond acceptors (Lipinski definition) is 11. The molecule has 0 spiro atoms. The first-order valence-corrected chi connectivity index (χ1v) is 16.7. The van der Waals surface area contributed by atoms with Crippen molar-refractivity contribution in [1.82, 2.24) is 10.1 Å². The number of benzene rings is 1. The van der Waals surface area contributed by atoms with Crippen LogP contribution >= 0.6 is 6.64 Å². The van der Waals surface area contributed by atoms with Gasteiger partial charge in [-0.05, 0) is 68.2 Å². The van der Waals surface area contributed by atoms with Crippen LogP contribution in [0.4, 0.5) is 11.5 Å². The first-order chi connectivity index (χ1) is 20.5. The number of anilines is 1. The number of hydrogen-bond donors (Lipinski definition) is 5. The van der Waals surface area contributed by atoms with Gasteiger partial charge in [-0.2, -0.15) is 0 Å². The summed E-state index contributed by atoms with van der Waals surface area (Å²) in [6.07, 6.45) is 7.80. The SMILES string of the molecule is C#C[C@@]1(O)[C@H](O)[C@@H](COP(=S)(N[C@@H](C)C(=O)OC2CCCCC2)Oc2ccccc2)O[C@H]1C1C=Nc2c1cc(N)[nH]c2=O. The predicted molar refractivity (Wildman–Crippen MR) is 164 cm³/mol. The van der Waals surface area contributed by atoms with Crippen molar-refractivity contribution in [2.75, 3.05) is 12.3 Å². The van der Waals surface area contributed by atoms with Crippen molar-refractivity contribution in [2.24, 2.45) is 4.99 Å². The number of nitrogen functional groups attached to an aromatic ring is 1. The molecule has 2 aliphatic heterocycles. The zero-order valence-corrected chi connectivity index (χ0v) is 25.3. The number of ether oxygens (including phenoxy) is 2. The molecule has 43 heavy (non-hydrogen) atoms. The number of terminal acetylenes is 1. The molecular weight excluding hydrogens is 595 g/mol. The number of carbonyl (C=O) groups is 1. The molecular formula is C29H35N4O8PS. The molecule has 5 rings (SSSR count). The van der Waals surface area contributed by atoms with Crippen molar-refractivity contribution >= 4 is 42.1 Å².